The van der Waals surface area contributed by atoms with Crippen LogP contribution in [0.2, 0.25) is 0 Å². The molecule has 23 heavy (non-hydrogen) atoms. The van der Waals surface area contributed by atoms with Gasteiger partial charge in [-0.25, -0.2) is 0 Å². The van der Waals surface area contributed by atoms with E-state index >= 15 is 0 Å². The molecule has 0 aliphatic heterocycles. The molecule has 1 aliphatic carbocycles. The summed E-state index contributed by atoms with van der Waals surface area (Å²) in [6, 6.07) is 0. The average Bonchev–Trinajstić information content (AvgIpc) is 3.33. The summed E-state index contributed by atoms with van der Waals surface area (Å²) < 4.78 is 0. The minimum absolute atomic E-state index is 0.750. The number of rotatable bonds is 5. The van der Waals surface area contributed by atoms with Gasteiger partial charge in [-0.05, 0) is 31.1 Å². The van der Waals surface area contributed by atoms with E-state index in [0.29, 0.717) is 0 Å². The van der Waals surface area contributed by atoms with Gasteiger partial charge in [0.2, 0.25) is 0 Å². The van der Waals surface area contributed by atoms with Crippen molar-refractivity contribution in [2.24, 2.45) is 11.3 Å². The minimum atomic E-state index is 0.750. The van der Waals surface area contributed by atoms with Crippen LogP contribution in [0.3, 0.4) is 0 Å². The van der Waals surface area contributed by atoms with Crippen LogP contribution < -0.4 is 0 Å². The molecule has 1 aliphatic rings. The summed E-state index contributed by atoms with van der Waals surface area (Å²) in [5.41, 5.74) is 0.750. The Kier molecular flexibility index (Phi) is 33.7. The molecule has 0 atom stereocenters. The van der Waals surface area contributed by atoms with E-state index in [1.165, 1.54) is 32.1 Å². The van der Waals surface area contributed by atoms with Crippen LogP contribution in [-0.4, -0.2) is 0 Å². The lowest BCUT2D eigenvalue weighted by atomic mass is 9.95. The Labute approximate surface area is 149 Å². The number of hydrogen-bond acceptors (Lipinski definition) is 0. The topological polar surface area (TPSA) is 0 Å². The molecule has 0 radical (unpaired) electrons. The molecular weight excluding hydrogens is 276 g/mol. The van der Waals surface area contributed by atoms with Gasteiger partial charge in [0, 0.05) is 0 Å². The minimum Gasteiger partial charge on any atom is -0.106 e. The van der Waals surface area contributed by atoms with E-state index in [0.717, 1.165) is 11.3 Å². The monoisotopic (exact) mass is 322 g/mol. The summed E-state index contributed by atoms with van der Waals surface area (Å²) in [4.78, 5) is 0. The number of hydrogen-bond donors (Lipinski definition) is 0. The average molecular weight is 323 g/mol. The molecule has 1 rings (SSSR count). The van der Waals surface area contributed by atoms with Gasteiger partial charge in [-0.1, -0.05) is 105 Å². The molecule has 0 N–H and O–H groups in total. The molecule has 0 nitrogen and oxygen atoms in total. The molecule has 0 heterocycles. The number of unbranched alkanes of at least 4 members (excludes halogenated alkanes) is 2. The van der Waals surface area contributed by atoms with E-state index in [2.05, 4.69) is 54.4 Å². The van der Waals surface area contributed by atoms with Gasteiger partial charge in [0.25, 0.3) is 0 Å². The Morgan fingerprint density at radius 3 is 1.52 bits per heavy atom. The zero-order chi connectivity index (χ0) is 19.1. The Hall–Kier alpha value is -1.04. The molecule has 0 heteroatoms. The van der Waals surface area contributed by atoms with Crippen LogP contribution in [0.1, 0.15) is 87.5 Å². The maximum atomic E-state index is 3.51. The summed E-state index contributed by atoms with van der Waals surface area (Å²) in [7, 11) is 0. The standard InChI is InChI=1S/C7H14.C7H10.C5H12.C2H6.C2H4/c1-6(2)7(3)4-5-7;1-3-5-7-6-4-2;1-3-5-4-2;2*1-2/h6H,4-5H2,1-3H3;3-7H,1H2,2H3;3-5H2,1-2H3;1-2H3;1-2H2/b;6-4-,7-5-;;;. The van der Waals surface area contributed by atoms with E-state index in [1.807, 2.05) is 45.1 Å². The van der Waals surface area contributed by atoms with Crippen LogP contribution in [-0.2, 0) is 0 Å². The van der Waals surface area contributed by atoms with Crippen LogP contribution >= 0.6 is 0 Å². The highest BCUT2D eigenvalue weighted by Gasteiger charge is 2.39. The van der Waals surface area contributed by atoms with Crippen molar-refractivity contribution in [3.63, 3.8) is 0 Å². The lowest BCUT2D eigenvalue weighted by molar-refractivity contribution is 0.397. The van der Waals surface area contributed by atoms with Gasteiger partial charge in [-0.15, -0.1) is 13.2 Å². The van der Waals surface area contributed by atoms with Gasteiger partial charge >= 0.3 is 0 Å². The summed E-state index contributed by atoms with van der Waals surface area (Å²) in [5.74, 6) is 0.910. The third-order valence-electron chi connectivity index (χ3n) is 3.69. The van der Waals surface area contributed by atoms with E-state index < -0.39 is 0 Å². The maximum absolute atomic E-state index is 3.51. The normalized spacial score (nSPS) is 13.4. The summed E-state index contributed by atoms with van der Waals surface area (Å²) in [6.07, 6.45) is 16.5. The third kappa shape index (κ3) is 29.6. The fraction of sp³-hybridized carbons (Fsp3) is 0.652. The molecule has 1 fully saturated rings. The van der Waals surface area contributed by atoms with E-state index in [1.54, 1.807) is 6.08 Å². The zero-order valence-electron chi connectivity index (χ0n) is 17.6. The molecule has 0 bridgehead atoms. The highest BCUT2D eigenvalue weighted by Crippen LogP contribution is 2.50. The van der Waals surface area contributed by atoms with E-state index in [-0.39, 0.29) is 0 Å². The second-order valence-corrected chi connectivity index (χ2v) is 5.81. The Bertz CT molecular complexity index is 249. The van der Waals surface area contributed by atoms with Crippen molar-refractivity contribution in [2.45, 2.75) is 87.5 Å². The van der Waals surface area contributed by atoms with Gasteiger partial charge in [-0.2, -0.15) is 0 Å². The Morgan fingerprint density at radius 1 is 0.957 bits per heavy atom. The van der Waals surface area contributed by atoms with Crippen molar-refractivity contribution in [1.82, 2.24) is 0 Å². The first-order valence-corrected chi connectivity index (χ1v) is 9.38. The molecule has 0 saturated heterocycles. The van der Waals surface area contributed by atoms with Gasteiger partial charge in [0.1, 0.15) is 0 Å². The number of allylic oxidation sites excluding steroid dienone is 5. The second kappa shape index (κ2) is 25.9. The van der Waals surface area contributed by atoms with Crippen LogP contribution in [0.5, 0.6) is 0 Å². The first-order chi connectivity index (χ1) is 11.0. The Balaban J connectivity index is -0.000000107. The molecule has 0 aromatic rings. The van der Waals surface area contributed by atoms with Gasteiger partial charge in [0.05, 0.1) is 0 Å². The van der Waals surface area contributed by atoms with Crippen LogP contribution in [0.25, 0.3) is 0 Å². The van der Waals surface area contributed by atoms with Gasteiger partial charge < -0.3 is 0 Å². The highest BCUT2D eigenvalue weighted by atomic mass is 14.4. The first kappa shape index (κ1) is 29.9. The van der Waals surface area contributed by atoms with Crippen molar-refractivity contribution in [2.75, 3.05) is 0 Å². The van der Waals surface area contributed by atoms with Gasteiger partial charge in [0.15, 0.2) is 0 Å². The van der Waals surface area contributed by atoms with Crippen LogP contribution in [0.15, 0.2) is 50.1 Å². The third-order valence-corrected chi connectivity index (χ3v) is 3.69. The predicted octanol–water partition coefficient (Wildman–Crippen LogP) is 8.77. The quantitative estimate of drug-likeness (QED) is 0.350. The largest absolute Gasteiger partial charge is 0.106 e. The predicted molar refractivity (Wildman–Crippen MR) is 114 cm³/mol. The lowest BCUT2D eigenvalue weighted by Gasteiger charge is -2.10. The molecule has 0 spiro atoms. The molecule has 0 aromatic heterocycles. The lowest BCUT2D eigenvalue weighted by Crippen LogP contribution is -2.01. The smallest absolute Gasteiger partial charge is 0.0302 e. The van der Waals surface area contributed by atoms with Crippen molar-refractivity contribution < 1.29 is 0 Å². The fourth-order valence-electron chi connectivity index (χ4n) is 1.38. The van der Waals surface area contributed by atoms with Gasteiger partial charge in [-0.3, -0.25) is 0 Å². The van der Waals surface area contributed by atoms with Crippen molar-refractivity contribution in [3.8, 4) is 0 Å². The molecule has 0 aromatic carbocycles. The summed E-state index contributed by atoms with van der Waals surface area (Å²) in [5, 5.41) is 0. The highest BCUT2D eigenvalue weighted by molar-refractivity contribution is 5.07. The summed E-state index contributed by atoms with van der Waals surface area (Å²) >= 11 is 0. The molecule has 138 valence electrons. The molecular formula is C23H46. The SMILES string of the molecule is C=C.C=C/C=C\C=C/C.CC.CC(C)C1(C)CC1.CCCCC. The first-order valence-electron chi connectivity index (χ1n) is 9.38. The van der Waals surface area contributed by atoms with E-state index in [9.17, 15) is 0 Å². The van der Waals surface area contributed by atoms with E-state index in [4.69, 9.17) is 0 Å². The molecule has 0 amide bonds. The van der Waals surface area contributed by atoms with Crippen molar-refractivity contribution in [1.29, 1.82) is 0 Å². The zero-order valence-corrected chi connectivity index (χ0v) is 17.6. The van der Waals surface area contributed by atoms with Crippen LogP contribution in [0, 0.1) is 11.3 Å². The Morgan fingerprint density at radius 2 is 1.39 bits per heavy atom. The second-order valence-electron chi connectivity index (χ2n) is 5.81. The molecule has 0 unspecified atom stereocenters. The molecule has 1 saturated carbocycles. The fourth-order valence-corrected chi connectivity index (χ4v) is 1.38. The van der Waals surface area contributed by atoms with Crippen LogP contribution in [0.4, 0.5) is 0 Å². The van der Waals surface area contributed by atoms with Crippen molar-refractivity contribution >= 4 is 0 Å². The summed E-state index contributed by atoms with van der Waals surface area (Å²) in [6.45, 7) is 26.9. The van der Waals surface area contributed by atoms with Crippen molar-refractivity contribution in [3.05, 3.63) is 50.1 Å². The maximum Gasteiger partial charge on any atom is -0.0302 e.